The smallest absolute Gasteiger partial charge is 0.0570 e. The number of hydrogen-bond donors (Lipinski definition) is 2. The normalized spacial score (nSPS) is 25.9. The lowest BCUT2D eigenvalue weighted by Gasteiger charge is -2.33. The van der Waals surface area contributed by atoms with Crippen LogP contribution in [0.25, 0.3) is 0 Å². The average molecular weight is 191 g/mol. The van der Waals surface area contributed by atoms with Gasteiger partial charge in [0.25, 0.3) is 0 Å². The van der Waals surface area contributed by atoms with Crippen molar-refractivity contribution in [3.05, 3.63) is 29.6 Å². The average Bonchev–Trinajstić information content (AvgIpc) is 2.13. The van der Waals surface area contributed by atoms with Gasteiger partial charge < -0.3 is 11.1 Å². The summed E-state index contributed by atoms with van der Waals surface area (Å²) < 4.78 is 0. The van der Waals surface area contributed by atoms with Crippen LogP contribution in [0.4, 0.5) is 0 Å². The third-order valence-electron chi connectivity index (χ3n) is 2.85. The molecule has 0 spiro atoms. The third kappa shape index (κ3) is 2.11. The van der Waals surface area contributed by atoms with Crippen molar-refractivity contribution >= 4 is 0 Å². The van der Waals surface area contributed by atoms with Crippen LogP contribution >= 0.6 is 0 Å². The lowest BCUT2D eigenvalue weighted by molar-refractivity contribution is 0.289. The molecule has 3 nitrogen and oxygen atoms in total. The van der Waals surface area contributed by atoms with Gasteiger partial charge in [-0.25, -0.2) is 0 Å². The van der Waals surface area contributed by atoms with Crippen LogP contribution in [0.5, 0.6) is 0 Å². The topological polar surface area (TPSA) is 50.9 Å². The fourth-order valence-electron chi connectivity index (χ4n) is 1.77. The number of rotatable bonds is 3. The molecule has 1 heterocycles. The predicted octanol–water partition coefficient (Wildman–Crippen LogP) is 0.969. The van der Waals surface area contributed by atoms with E-state index < -0.39 is 0 Å². The Hall–Kier alpha value is -0.930. The Balaban J connectivity index is 1.83. The van der Waals surface area contributed by atoms with Gasteiger partial charge in [0.1, 0.15) is 0 Å². The summed E-state index contributed by atoms with van der Waals surface area (Å²) in [6.07, 6.45) is 4.05. The van der Waals surface area contributed by atoms with Gasteiger partial charge >= 0.3 is 0 Å². The molecule has 0 aromatic carbocycles. The third-order valence-corrected chi connectivity index (χ3v) is 2.85. The van der Waals surface area contributed by atoms with Crippen LogP contribution in [0.3, 0.4) is 0 Å². The maximum absolute atomic E-state index is 5.71. The van der Waals surface area contributed by atoms with E-state index in [9.17, 15) is 0 Å². The second kappa shape index (κ2) is 4.07. The standard InChI is InChI=1S/C11H17N3/c1-8-3-2-4-13-11(8)7-14-10-5-9(12)6-10/h2-4,9-10,14H,5-7,12H2,1H3. The van der Waals surface area contributed by atoms with Gasteiger partial charge in [0, 0.05) is 24.8 Å². The molecular formula is C11H17N3. The van der Waals surface area contributed by atoms with E-state index >= 15 is 0 Å². The molecule has 2 rings (SSSR count). The molecular weight excluding hydrogens is 174 g/mol. The van der Waals surface area contributed by atoms with Gasteiger partial charge in [-0.3, -0.25) is 4.98 Å². The fraction of sp³-hybridized carbons (Fsp3) is 0.545. The van der Waals surface area contributed by atoms with E-state index in [1.807, 2.05) is 12.3 Å². The Morgan fingerprint density at radius 1 is 1.57 bits per heavy atom. The van der Waals surface area contributed by atoms with Crippen molar-refractivity contribution in [2.75, 3.05) is 0 Å². The van der Waals surface area contributed by atoms with Crippen molar-refractivity contribution < 1.29 is 0 Å². The molecule has 3 N–H and O–H groups in total. The van der Waals surface area contributed by atoms with Crippen molar-refractivity contribution in [2.45, 2.75) is 38.4 Å². The number of nitrogens with one attached hydrogen (secondary N) is 1. The van der Waals surface area contributed by atoms with Crippen LogP contribution < -0.4 is 11.1 Å². The molecule has 1 aromatic rings. The Morgan fingerprint density at radius 3 is 3.00 bits per heavy atom. The first-order chi connectivity index (χ1) is 6.75. The number of aromatic nitrogens is 1. The second-order valence-electron chi connectivity index (χ2n) is 4.08. The summed E-state index contributed by atoms with van der Waals surface area (Å²) >= 11 is 0. The lowest BCUT2D eigenvalue weighted by atomic mass is 9.87. The van der Waals surface area contributed by atoms with Gasteiger partial charge in [-0.1, -0.05) is 6.07 Å². The summed E-state index contributed by atoms with van der Waals surface area (Å²) in [5.74, 6) is 0. The van der Waals surface area contributed by atoms with E-state index in [0.717, 1.165) is 25.1 Å². The van der Waals surface area contributed by atoms with Gasteiger partial charge in [-0.2, -0.15) is 0 Å². The second-order valence-corrected chi connectivity index (χ2v) is 4.08. The SMILES string of the molecule is Cc1cccnc1CNC1CC(N)C1. The van der Waals surface area contributed by atoms with Crippen LogP contribution in [0, 0.1) is 6.92 Å². The van der Waals surface area contributed by atoms with E-state index in [1.165, 1.54) is 5.56 Å². The van der Waals surface area contributed by atoms with Crippen molar-refractivity contribution in [1.82, 2.24) is 10.3 Å². The maximum atomic E-state index is 5.71. The minimum Gasteiger partial charge on any atom is -0.328 e. The number of pyridine rings is 1. The first-order valence-corrected chi connectivity index (χ1v) is 5.15. The minimum atomic E-state index is 0.414. The zero-order chi connectivity index (χ0) is 9.97. The van der Waals surface area contributed by atoms with Gasteiger partial charge in [-0.05, 0) is 31.4 Å². The predicted molar refractivity (Wildman–Crippen MR) is 56.8 cm³/mol. The summed E-state index contributed by atoms with van der Waals surface area (Å²) in [7, 11) is 0. The van der Waals surface area contributed by atoms with Gasteiger partial charge in [-0.15, -0.1) is 0 Å². The first kappa shape index (κ1) is 9.62. The lowest BCUT2D eigenvalue weighted by Crippen LogP contribution is -2.48. The van der Waals surface area contributed by atoms with Crippen molar-refractivity contribution in [1.29, 1.82) is 0 Å². The maximum Gasteiger partial charge on any atom is 0.0570 e. The van der Waals surface area contributed by atoms with E-state index in [-0.39, 0.29) is 0 Å². The summed E-state index contributed by atoms with van der Waals surface area (Å²) in [5, 5.41) is 3.46. The molecule has 1 fully saturated rings. The molecule has 1 aromatic heterocycles. The fourth-order valence-corrected chi connectivity index (χ4v) is 1.77. The Kier molecular flexibility index (Phi) is 2.79. The first-order valence-electron chi connectivity index (χ1n) is 5.15. The quantitative estimate of drug-likeness (QED) is 0.748. The molecule has 1 saturated carbocycles. The summed E-state index contributed by atoms with van der Waals surface area (Å²) in [5.41, 5.74) is 8.11. The molecule has 0 bridgehead atoms. The molecule has 1 aliphatic carbocycles. The Morgan fingerprint density at radius 2 is 2.36 bits per heavy atom. The zero-order valence-corrected chi connectivity index (χ0v) is 8.53. The van der Waals surface area contributed by atoms with Crippen LogP contribution in [-0.4, -0.2) is 17.1 Å². The van der Waals surface area contributed by atoms with Crippen LogP contribution in [-0.2, 0) is 6.54 Å². The zero-order valence-electron chi connectivity index (χ0n) is 8.53. The molecule has 14 heavy (non-hydrogen) atoms. The van der Waals surface area contributed by atoms with Gasteiger partial charge in [0.15, 0.2) is 0 Å². The molecule has 0 atom stereocenters. The summed E-state index contributed by atoms with van der Waals surface area (Å²) in [4.78, 5) is 4.33. The number of nitrogens with zero attached hydrogens (tertiary/aromatic N) is 1. The molecule has 0 amide bonds. The highest BCUT2D eigenvalue weighted by molar-refractivity contribution is 5.17. The monoisotopic (exact) mass is 191 g/mol. The minimum absolute atomic E-state index is 0.414. The van der Waals surface area contributed by atoms with Crippen LogP contribution in [0.1, 0.15) is 24.1 Å². The van der Waals surface area contributed by atoms with E-state index in [2.05, 4.69) is 23.3 Å². The molecule has 0 radical (unpaired) electrons. The van der Waals surface area contributed by atoms with Crippen molar-refractivity contribution in [2.24, 2.45) is 5.73 Å². The number of hydrogen-bond acceptors (Lipinski definition) is 3. The highest BCUT2D eigenvalue weighted by atomic mass is 15.0. The van der Waals surface area contributed by atoms with Crippen LogP contribution in [0.15, 0.2) is 18.3 Å². The molecule has 0 aliphatic heterocycles. The molecule has 3 heteroatoms. The van der Waals surface area contributed by atoms with Gasteiger partial charge in [0.05, 0.1) is 5.69 Å². The highest BCUT2D eigenvalue weighted by Gasteiger charge is 2.25. The number of nitrogens with two attached hydrogens (primary N) is 1. The van der Waals surface area contributed by atoms with Crippen molar-refractivity contribution in [3.63, 3.8) is 0 Å². The number of aryl methyl sites for hydroxylation is 1. The molecule has 76 valence electrons. The highest BCUT2D eigenvalue weighted by Crippen LogP contribution is 2.17. The van der Waals surface area contributed by atoms with E-state index in [1.54, 1.807) is 0 Å². The van der Waals surface area contributed by atoms with Crippen LogP contribution in [0.2, 0.25) is 0 Å². The summed E-state index contributed by atoms with van der Waals surface area (Å²) in [6.45, 7) is 2.96. The van der Waals surface area contributed by atoms with E-state index in [4.69, 9.17) is 5.73 Å². The largest absolute Gasteiger partial charge is 0.328 e. The van der Waals surface area contributed by atoms with Gasteiger partial charge in [0.2, 0.25) is 0 Å². The van der Waals surface area contributed by atoms with Crippen molar-refractivity contribution in [3.8, 4) is 0 Å². The molecule has 1 aliphatic rings. The van der Waals surface area contributed by atoms with E-state index in [0.29, 0.717) is 12.1 Å². The Labute approximate surface area is 84.7 Å². The Bertz CT molecular complexity index is 305. The molecule has 0 unspecified atom stereocenters. The molecule has 0 saturated heterocycles. The summed E-state index contributed by atoms with van der Waals surface area (Å²) in [6, 6.07) is 5.08.